The van der Waals surface area contributed by atoms with E-state index in [-0.39, 0.29) is 0 Å². The monoisotopic (exact) mass is 174 g/mol. The molecule has 0 radical (unpaired) electrons. The average molecular weight is 174 g/mol. The second-order valence-electron chi connectivity index (χ2n) is 3.33. The average Bonchev–Trinajstić information content (AvgIpc) is 1.93. The second kappa shape index (κ2) is 5.04. The summed E-state index contributed by atoms with van der Waals surface area (Å²) < 4.78 is 0. The van der Waals surface area contributed by atoms with Crippen LogP contribution in [0.3, 0.4) is 0 Å². The summed E-state index contributed by atoms with van der Waals surface area (Å²) >= 11 is 2.06. The van der Waals surface area contributed by atoms with Crippen molar-refractivity contribution in [2.24, 2.45) is 11.8 Å². The minimum atomic E-state index is 0.371. The van der Waals surface area contributed by atoms with Gasteiger partial charge >= 0.3 is 0 Å². The van der Waals surface area contributed by atoms with Crippen molar-refractivity contribution in [3.8, 4) is 0 Å². The van der Waals surface area contributed by atoms with Gasteiger partial charge in [-0.15, -0.1) is 0 Å². The molecular formula is C9H18OS. The van der Waals surface area contributed by atoms with Crippen LogP contribution in [0.4, 0.5) is 0 Å². The first-order chi connectivity index (χ1) is 5.38. The highest BCUT2D eigenvalue weighted by Crippen LogP contribution is 2.35. The number of aliphatic hydroxyl groups is 1. The predicted molar refractivity (Wildman–Crippen MR) is 50.9 cm³/mol. The van der Waals surface area contributed by atoms with Gasteiger partial charge in [0.15, 0.2) is 0 Å². The molecule has 1 saturated heterocycles. The number of thioether (sulfide) groups is 1. The van der Waals surface area contributed by atoms with Crippen molar-refractivity contribution in [2.75, 3.05) is 18.1 Å². The van der Waals surface area contributed by atoms with E-state index >= 15 is 0 Å². The number of rotatable bonds is 5. The zero-order valence-electron chi connectivity index (χ0n) is 7.25. The summed E-state index contributed by atoms with van der Waals surface area (Å²) in [7, 11) is 0. The Bertz CT molecular complexity index is 102. The normalized spacial score (nSPS) is 21.3. The molecule has 1 rings (SSSR count). The maximum Gasteiger partial charge on any atom is 0.0431 e. The Balaban J connectivity index is 2.13. The molecule has 0 aliphatic carbocycles. The van der Waals surface area contributed by atoms with E-state index < -0.39 is 0 Å². The van der Waals surface area contributed by atoms with Crippen LogP contribution in [-0.2, 0) is 0 Å². The predicted octanol–water partition coefficient (Wildman–Crippen LogP) is 2.15. The third-order valence-electron chi connectivity index (χ3n) is 2.59. The Labute approximate surface area is 73.6 Å². The summed E-state index contributed by atoms with van der Waals surface area (Å²) in [6.07, 6.45) is 3.53. The molecule has 1 nitrogen and oxygen atoms in total. The van der Waals surface area contributed by atoms with E-state index in [0.29, 0.717) is 6.61 Å². The molecule has 2 heteroatoms. The highest BCUT2D eigenvalue weighted by atomic mass is 32.2. The van der Waals surface area contributed by atoms with Crippen LogP contribution in [0.25, 0.3) is 0 Å². The fourth-order valence-corrected chi connectivity index (χ4v) is 2.70. The molecule has 11 heavy (non-hydrogen) atoms. The summed E-state index contributed by atoms with van der Waals surface area (Å²) in [5.41, 5.74) is 0. The van der Waals surface area contributed by atoms with Gasteiger partial charge in [-0.05, 0) is 36.2 Å². The summed E-state index contributed by atoms with van der Waals surface area (Å²) in [6.45, 7) is 2.64. The van der Waals surface area contributed by atoms with Crippen LogP contribution in [0.5, 0.6) is 0 Å². The van der Waals surface area contributed by atoms with Crippen molar-refractivity contribution < 1.29 is 5.11 Å². The SMILES string of the molecule is CCC(CCCO)C1CSC1. The molecule has 0 bridgehead atoms. The molecule has 0 aromatic rings. The minimum Gasteiger partial charge on any atom is -0.396 e. The molecule has 1 heterocycles. The molecule has 1 aliphatic rings. The van der Waals surface area contributed by atoms with Crippen molar-refractivity contribution in [1.29, 1.82) is 0 Å². The Hall–Kier alpha value is 0.310. The summed E-state index contributed by atoms with van der Waals surface area (Å²) in [6, 6.07) is 0. The number of aliphatic hydroxyl groups excluding tert-OH is 1. The van der Waals surface area contributed by atoms with Crippen molar-refractivity contribution >= 4 is 11.8 Å². The third-order valence-corrected chi connectivity index (χ3v) is 3.92. The molecule has 1 N–H and O–H groups in total. The lowest BCUT2D eigenvalue weighted by molar-refractivity contribution is 0.252. The first kappa shape index (κ1) is 9.40. The Kier molecular flexibility index (Phi) is 4.31. The Morgan fingerprint density at radius 2 is 2.27 bits per heavy atom. The van der Waals surface area contributed by atoms with Crippen molar-refractivity contribution in [1.82, 2.24) is 0 Å². The topological polar surface area (TPSA) is 20.2 Å². The van der Waals surface area contributed by atoms with E-state index in [2.05, 4.69) is 18.7 Å². The van der Waals surface area contributed by atoms with E-state index in [1.807, 2.05) is 0 Å². The fraction of sp³-hybridized carbons (Fsp3) is 1.00. The van der Waals surface area contributed by atoms with Crippen LogP contribution in [0.1, 0.15) is 26.2 Å². The van der Waals surface area contributed by atoms with E-state index in [0.717, 1.165) is 18.3 Å². The summed E-state index contributed by atoms with van der Waals surface area (Å²) in [4.78, 5) is 0. The maximum atomic E-state index is 8.68. The largest absolute Gasteiger partial charge is 0.396 e. The lowest BCUT2D eigenvalue weighted by Crippen LogP contribution is -2.27. The lowest BCUT2D eigenvalue weighted by Gasteiger charge is -2.32. The standard InChI is InChI=1S/C9H18OS/c1-2-8(4-3-5-10)9-6-11-7-9/h8-10H,2-7H2,1H3. The van der Waals surface area contributed by atoms with Gasteiger partial charge in [-0.1, -0.05) is 13.3 Å². The second-order valence-corrected chi connectivity index (χ2v) is 4.41. The van der Waals surface area contributed by atoms with Gasteiger partial charge in [-0.3, -0.25) is 0 Å². The highest BCUT2D eigenvalue weighted by molar-refractivity contribution is 8.00. The Morgan fingerprint density at radius 3 is 2.64 bits per heavy atom. The first-order valence-corrected chi connectivity index (χ1v) is 5.72. The van der Waals surface area contributed by atoms with Crippen LogP contribution in [0.15, 0.2) is 0 Å². The quantitative estimate of drug-likeness (QED) is 0.689. The fourth-order valence-electron chi connectivity index (χ4n) is 1.65. The number of hydrogen-bond acceptors (Lipinski definition) is 2. The molecule has 0 amide bonds. The first-order valence-electron chi connectivity index (χ1n) is 4.57. The zero-order valence-corrected chi connectivity index (χ0v) is 8.07. The van der Waals surface area contributed by atoms with Crippen LogP contribution in [0.2, 0.25) is 0 Å². The van der Waals surface area contributed by atoms with Crippen LogP contribution in [0, 0.1) is 11.8 Å². The molecule has 1 fully saturated rings. The molecule has 1 atom stereocenters. The van der Waals surface area contributed by atoms with Gasteiger partial charge in [0.2, 0.25) is 0 Å². The highest BCUT2D eigenvalue weighted by Gasteiger charge is 2.25. The number of hydrogen-bond donors (Lipinski definition) is 1. The molecular weight excluding hydrogens is 156 g/mol. The van der Waals surface area contributed by atoms with E-state index in [4.69, 9.17) is 5.11 Å². The van der Waals surface area contributed by atoms with E-state index in [1.165, 1.54) is 24.3 Å². The van der Waals surface area contributed by atoms with Gasteiger partial charge in [0.25, 0.3) is 0 Å². The Morgan fingerprint density at radius 1 is 1.55 bits per heavy atom. The van der Waals surface area contributed by atoms with Gasteiger partial charge < -0.3 is 5.11 Å². The van der Waals surface area contributed by atoms with Gasteiger partial charge in [0, 0.05) is 6.61 Å². The minimum absolute atomic E-state index is 0.371. The van der Waals surface area contributed by atoms with Gasteiger partial charge in [-0.2, -0.15) is 11.8 Å². The van der Waals surface area contributed by atoms with Crippen molar-refractivity contribution in [2.45, 2.75) is 26.2 Å². The van der Waals surface area contributed by atoms with Crippen LogP contribution >= 0.6 is 11.8 Å². The summed E-state index contributed by atoms with van der Waals surface area (Å²) in [5, 5.41) is 8.68. The van der Waals surface area contributed by atoms with Gasteiger partial charge in [0.1, 0.15) is 0 Å². The summed E-state index contributed by atoms with van der Waals surface area (Å²) in [5.74, 6) is 4.59. The van der Waals surface area contributed by atoms with Crippen LogP contribution < -0.4 is 0 Å². The molecule has 1 aliphatic heterocycles. The lowest BCUT2D eigenvalue weighted by atomic mass is 9.88. The van der Waals surface area contributed by atoms with Gasteiger partial charge in [0.05, 0.1) is 0 Å². The van der Waals surface area contributed by atoms with Crippen LogP contribution in [-0.4, -0.2) is 23.2 Å². The third kappa shape index (κ3) is 2.68. The van der Waals surface area contributed by atoms with Gasteiger partial charge in [-0.25, -0.2) is 0 Å². The molecule has 0 saturated carbocycles. The molecule has 0 aromatic carbocycles. The molecule has 66 valence electrons. The molecule has 0 aromatic heterocycles. The zero-order chi connectivity index (χ0) is 8.10. The van der Waals surface area contributed by atoms with E-state index in [1.54, 1.807) is 0 Å². The maximum absolute atomic E-state index is 8.68. The molecule has 0 spiro atoms. The smallest absolute Gasteiger partial charge is 0.0431 e. The van der Waals surface area contributed by atoms with E-state index in [9.17, 15) is 0 Å². The van der Waals surface area contributed by atoms with Crippen molar-refractivity contribution in [3.05, 3.63) is 0 Å². The van der Waals surface area contributed by atoms with Crippen molar-refractivity contribution in [3.63, 3.8) is 0 Å². The molecule has 1 unspecified atom stereocenters.